The van der Waals surface area contributed by atoms with Gasteiger partial charge in [0.25, 0.3) is 0 Å². The van der Waals surface area contributed by atoms with Crippen LogP contribution in [0.5, 0.6) is 0 Å². The number of rotatable bonds is 6. The zero-order valence-corrected chi connectivity index (χ0v) is 19.5. The highest BCUT2D eigenvalue weighted by Crippen LogP contribution is 2.39. The molecular formula is C25H26N4O5. The van der Waals surface area contributed by atoms with Crippen molar-refractivity contribution in [2.75, 3.05) is 17.2 Å². The van der Waals surface area contributed by atoms with Crippen molar-refractivity contribution in [3.63, 3.8) is 0 Å². The smallest absolute Gasteiger partial charge is 0.343 e. The number of nitrogens with one attached hydrogen (secondary N) is 2. The molecule has 1 aliphatic rings. The summed E-state index contributed by atoms with van der Waals surface area (Å²) in [5.74, 6) is -0.975. The molecule has 2 amide bonds. The van der Waals surface area contributed by atoms with Crippen molar-refractivity contribution in [2.24, 2.45) is 0 Å². The molecular weight excluding hydrogens is 436 g/mol. The van der Waals surface area contributed by atoms with E-state index in [0.717, 1.165) is 29.5 Å². The second-order valence-corrected chi connectivity index (χ2v) is 8.35. The number of aryl methyl sites for hydroxylation is 1. The molecule has 2 N–H and O–H groups in total. The highest BCUT2D eigenvalue weighted by atomic mass is 16.5. The number of hydrogen-bond acceptors (Lipinski definition) is 6. The summed E-state index contributed by atoms with van der Waals surface area (Å²) in [6, 6.07) is 5.46. The molecule has 9 heteroatoms. The topological polar surface area (TPSA) is 119 Å². The summed E-state index contributed by atoms with van der Waals surface area (Å²) in [6.07, 6.45) is 5.14. The molecule has 0 bridgehead atoms. The van der Waals surface area contributed by atoms with E-state index < -0.39 is 5.97 Å². The first-order valence-electron chi connectivity index (χ1n) is 11.1. The van der Waals surface area contributed by atoms with Gasteiger partial charge in [-0.25, -0.2) is 9.78 Å². The minimum Gasteiger partial charge on any atom is -0.462 e. The third-order valence-corrected chi connectivity index (χ3v) is 5.69. The molecule has 2 heterocycles. The lowest BCUT2D eigenvalue weighted by molar-refractivity contribution is -0.115. The summed E-state index contributed by atoms with van der Waals surface area (Å²) < 4.78 is 7.09. The maximum atomic E-state index is 13.1. The van der Waals surface area contributed by atoms with Gasteiger partial charge in [0.05, 0.1) is 17.8 Å². The first-order valence-corrected chi connectivity index (χ1v) is 11.1. The number of benzene rings is 1. The third-order valence-electron chi connectivity index (χ3n) is 5.69. The lowest BCUT2D eigenvalue weighted by Crippen LogP contribution is -2.21. The Kier molecular flexibility index (Phi) is 6.19. The third kappa shape index (κ3) is 4.41. The van der Waals surface area contributed by atoms with E-state index in [1.807, 2.05) is 11.5 Å². The summed E-state index contributed by atoms with van der Waals surface area (Å²) in [4.78, 5) is 53.1. The largest absolute Gasteiger partial charge is 0.462 e. The number of nitrogens with zero attached hydrogens (tertiary/aromatic N) is 2. The number of carbonyl (C=O) groups is 3. The van der Waals surface area contributed by atoms with Crippen LogP contribution in [-0.4, -0.2) is 33.9 Å². The normalized spacial score (nSPS) is 12.9. The number of fused-ring (bicyclic) bond motifs is 1. The van der Waals surface area contributed by atoms with Crippen molar-refractivity contribution in [3.05, 3.63) is 51.9 Å². The van der Waals surface area contributed by atoms with Crippen LogP contribution in [-0.2, 0) is 14.3 Å². The molecule has 0 saturated heterocycles. The Bertz CT molecular complexity index is 1390. The molecule has 0 radical (unpaired) electrons. The van der Waals surface area contributed by atoms with Crippen molar-refractivity contribution in [1.29, 1.82) is 0 Å². The summed E-state index contributed by atoms with van der Waals surface area (Å²) in [5, 5.41) is 5.77. The molecule has 176 valence electrons. The Labute approximate surface area is 196 Å². The van der Waals surface area contributed by atoms with Crippen molar-refractivity contribution in [1.82, 2.24) is 9.55 Å². The summed E-state index contributed by atoms with van der Waals surface area (Å²) in [5.41, 5.74) is 3.17. The maximum absolute atomic E-state index is 13.1. The van der Waals surface area contributed by atoms with Crippen LogP contribution in [0.25, 0.3) is 22.0 Å². The standard InChI is InChI=1S/C25H26N4O5/c1-5-34-25(33)20-12-29(17-6-7-17)22-13(2)18(8-9-19(22)23(20)32)16-10-21(27-14(3)30)24(26-11-16)28-15(4)31/h8-12,17H,5-7H2,1-4H3,(H,27,30)(H,26,28,31). The van der Waals surface area contributed by atoms with Crippen LogP contribution in [0, 0.1) is 6.92 Å². The number of carbonyl (C=O) groups excluding carboxylic acids is 3. The number of esters is 1. The second-order valence-electron chi connectivity index (χ2n) is 8.35. The quantitative estimate of drug-likeness (QED) is 0.538. The van der Waals surface area contributed by atoms with Gasteiger partial charge in [0, 0.05) is 43.2 Å². The molecule has 34 heavy (non-hydrogen) atoms. The van der Waals surface area contributed by atoms with E-state index in [-0.39, 0.29) is 41.3 Å². The highest BCUT2D eigenvalue weighted by molar-refractivity contribution is 5.99. The van der Waals surface area contributed by atoms with Gasteiger partial charge in [0.1, 0.15) is 5.56 Å². The predicted molar refractivity (Wildman–Crippen MR) is 129 cm³/mol. The maximum Gasteiger partial charge on any atom is 0.343 e. The minimum atomic E-state index is -0.622. The van der Waals surface area contributed by atoms with E-state index in [9.17, 15) is 19.2 Å². The molecule has 1 aromatic carbocycles. The van der Waals surface area contributed by atoms with Crippen molar-refractivity contribution >= 4 is 40.2 Å². The SMILES string of the molecule is CCOC(=O)c1cn(C2CC2)c2c(C)c(-c3cnc(NC(C)=O)c(NC(C)=O)c3)ccc2c1=O. The zero-order chi connectivity index (χ0) is 24.6. The van der Waals surface area contributed by atoms with Gasteiger partial charge in [-0.05, 0) is 49.9 Å². The molecule has 1 saturated carbocycles. The first-order chi connectivity index (χ1) is 16.2. The van der Waals surface area contributed by atoms with Crippen LogP contribution in [0.15, 0.2) is 35.4 Å². The van der Waals surface area contributed by atoms with Crippen molar-refractivity contribution in [3.8, 4) is 11.1 Å². The average molecular weight is 463 g/mol. The van der Waals surface area contributed by atoms with Crippen molar-refractivity contribution in [2.45, 2.75) is 46.6 Å². The highest BCUT2D eigenvalue weighted by Gasteiger charge is 2.28. The van der Waals surface area contributed by atoms with Crippen molar-refractivity contribution < 1.29 is 19.1 Å². The van der Waals surface area contributed by atoms with Gasteiger partial charge in [-0.1, -0.05) is 6.07 Å². The molecule has 1 aliphatic carbocycles. The van der Waals surface area contributed by atoms with E-state index in [1.54, 1.807) is 37.5 Å². The van der Waals surface area contributed by atoms with Gasteiger partial charge in [-0.2, -0.15) is 0 Å². The minimum absolute atomic E-state index is 0.0303. The molecule has 0 aliphatic heterocycles. The lowest BCUT2D eigenvalue weighted by Gasteiger charge is -2.18. The first kappa shape index (κ1) is 23.2. The number of amides is 2. The summed E-state index contributed by atoms with van der Waals surface area (Å²) >= 11 is 0. The van der Waals surface area contributed by atoms with Crippen LogP contribution >= 0.6 is 0 Å². The van der Waals surface area contributed by atoms with E-state index in [2.05, 4.69) is 15.6 Å². The average Bonchev–Trinajstić information content (AvgIpc) is 3.60. The molecule has 3 aromatic rings. The molecule has 0 atom stereocenters. The Morgan fingerprint density at radius 1 is 1.15 bits per heavy atom. The van der Waals surface area contributed by atoms with Gasteiger partial charge in [-0.3, -0.25) is 14.4 Å². The Morgan fingerprint density at radius 2 is 1.85 bits per heavy atom. The Morgan fingerprint density at radius 3 is 2.47 bits per heavy atom. The van der Waals surface area contributed by atoms with Gasteiger partial charge in [0.15, 0.2) is 5.82 Å². The molecule has 4 rings (SSSR count). The van der Waals surface area contributed by atoms with Crippen LogP contribution in [0.3, 0.4) is 0 Å². The monoisotopic (exact) mass is 462 g/mol. The van der Waals surface area contributed by atoms with Gasteiger partial charge >= 0.3 is 5.97 Å². The van der Waals surface area contributed by atoms with E-state index in [4.69, 9.17) is 4.74 Å². The Balaban J connectivity index is 1.90. The number of pyridine rings is 2. The van der Waals surface area contributed by atoms with E-state index in [0.29, 0.717) is 16.6 Å². The number of anilines is 2. The van der Waals surface area contributed by atoms with Gasteiger partial charge in [0.2, 0.25) is 17.2 Å². The Hall–Kier alpha value is -4.01. The van der Waals surface area contributed by atoms with Gasteiger partial charge in [-0.15, -0.1) is 0 Å². The fourth-order valence-corrected chi connectivity index (χ4v) is 4.09. The fraction of sp³-hybridized carbons (Fsp3) is 0.320. The van der Waals surface area contributed by atoms with Crippen LogP contribution in [0.4, 0.5) is 11.5 Å². The van der Waals surface area contributed by atoms with Crippen LogP contribution < -0.4 is 16.1 Å². The van der Waals surface area contributed by atoms with E-state index >= 15 is 0 Å². The van der Waals surface area contributed by atoms with Crippen LogP contribution in [0.2, 0.25) is 0 Å². The lowest BCUT2D eigenvalue weighted by atomic mass is 9.97. The number of hydrogen-bond donors (Lipinski definition) is 2. The van der Waals surface area contributed by atoms with Crippen LogP contribution in [0.1, 0.15) is 55.6 Å². The molecule has 0 spiro atoms. The molecule has 0 unspecified atom stereocenters. The molecule has 1 fully saturated rings. The fourth-order valence-electron chi connectivity index (χ4n) is 4.09. The number of ether oxygens (including phenoxy) is 1. The summed E-state index contributed by atoms with van der Waals surface area (Å²) in [6.45, 7) is 6.55. The second kappa shape index (κ2) is 9.09. The molecule has 2 aromatic heterocycles. The zero-order valence-electron chi connectivity index (χ0n) is 19.5. The molecule has 9 nitrogen and oxygen atoms in total. The number of aromatic nitrogens is 2. The van der Waals surface area contributed by atoms with E-state index in [1.165, 1.54) is 13.8 Å². The predicted octanol–water partition coefficient (Wildman–Crippen LogP) is 3.80. The summed E-state index contributed by atoms with van der Waals surface area (Å²) in [7, 11) is 0. The van der Waals surface area contributed by atoms with Gasteiger partial charge < -0.3 is 19.9 Å².